The number of hydrogen-bond donors (Lipinski definition) is 2. The first-order valence-corrected chi connectivity index (χ1v) is 7.09. The third kappa shape index (κ3) is 4.37. The van der Waals surface area contributed by atoms with Gasteiger partial charge in [-0.25, -0.2) is 0 Å². The molecular weight excluding hydrogens is 236 g/mol. The van der Waals surface area contributed by atoms with Crippen molar-refractivity contribution >= 4 is 0 Å². The molecule has 0 amide bonds. The number of methoxy groups -OCH3 is 1. The standard InChI is InChI=1S/C16H24N2O/c1-19-16-9-5-8-14(12-16)11-15(18-17)10-13-6-3-2-4-7-13/h5-6,8-9,12,15,18H,2-4,7,10-11,17H2,1H3. The molecular formula is C16H24N2O. The lowest BCUT2D eigenvalue weighted by atomic mass is 9.92. The topological polar surface area (TPSA) is 47.3 Å². The van der Waals surface area contributed by atoms with E-state index >= 15 is 0 Å². The third-order valence-electron chi connectivity index (χ3n) is 3.75. The van der Waals surface area contributed by atoms with Crippen LogP contribution in [0, 0.1) is 0 Å². The van der Waals surface area contributed by atoms with E-state index in [-0.39, 0.29) is 0 Å². The number of allylic oxidation sites excluding steroid dienone is 1. The molecule has 104 valence electrons. The monoisotopic (exact) mass is 260 g/mol. The molecule has 3 nitrogen and oxygen atoms in total. The molecule has 0 aromatic heterocycles. The maximum absolute atomic E-state index is 5.70. The summed E-state index contributed by atoms with van der Waals surface area (Å²) in [6.07, 6.45) is 9.49. The third-order valence-corrected chi connectivity index (χ3v) is 3.75. The van der Waals surface area contributed by atoms with Gasteiger partial charge in [-0.2, -0.15) is 0 Å². The van der Waals surface area contributed by atoms with Crippen molar-refractivity contribution in [2.24, 2.45) is 5.84 Å². The van der Waals surface area contributed by atoms with E-state index in [4.69, 9.17) is 10.6 Å². The summed E-state index contributed by atoms with van der Waals surface area (Å²) in [6.45, 7) is 0. The van der Waals surface area contributed by atoms with Crippen LogP contribution < -0.4 is 16.0 Å². The predicted octanol–water partition coefficient (Wildman–Crippen LogP) is 2.96. The van der Waals surface area contributed by atoms with E-state index < -0.39 is 0 Å². The summed E-state index contributed by atoms with van der Waals surface area (Å²) >= 11 is 0. The normalized spacial score (nSPS) is 16.8. The van der Waals surface area contributed by atoms with E-state index in [0.717, 1.165) is 18.6 Å². The van der Waals surface area contributed by atoms with Gasteiger partial charge in [-0.1, -0.05) is 23.8 Å². The lowest BCUT2D eigenvalue weighted by molar-refractivity contribution is 0.413. The minimum atomic E-state index is 0.302. The predicted molar refractivity (Wildman–Crippen MR) is 79.0 cm³/mol. The molecule has 1 aliphatic rings. The SMILES string of the molecule is COc1cccc(CC(CC2=CCCCC2)NN)c1. The highest BCUT2D eigenvalue weighted by Gasteiger charge is 2.12. The smallest absolute Gasteiger partial charge is 0.119 e. The van der Waals surface area contributed by atoms with Gasteiger partial charge >= 0.3 is 0 Å². The Morgan fingerprint density at radius 3 is 2.89 bits per heavy atom. The fourth-order valence-electron chi connectivity index (χ4n) is 2.68. The Morgan fingerprint density at radius 1 is 1.32 bits per heavy atom. The number of nitrogens with two attached hydrogens (primary N) is 1. The number of nitrogens with one attached hydrogen (secondary N) is 1. The van der Waals surface area contributed by atoms with Crippen LogP contribution >= 0.6 is 0 Å². The molecule has 3 N–H and O–H groups in total. The van der Waals surface area contributed by atoms with Crippen molar-refractivity contribution in [2.75, 3.05) is 7.11 Å². The van der Waals surface area contributed by atoms with Gasteiger partial charge in [-0.15, -0.1) is 0 Å². The van der Waals surface area contributed by atoms with Crippen molar-refractivity contribution in [3.05, 3.63) is 41.5 Å². The maximum Gasteiger partial charge on any atom is 0.119 e. The molecule has 1 unspecified atom stereocenters. The van der Waals surface area contributed by atoms with Crippen LogP contribution in [-0.2, 0) is 6.42 Å². The molecule has 1 aromatic carbocycles. The Labute approximate surface area is 115 Å². The number of hydrazine groups is 1. The molecule has 0 fully saturated rings. The zero-order valence-corrected chi connectivity index (χ0v) is 11.7. The summed E-state index contributed by atoms with van der Waals surface area (Å²) in [5.41, 5.74) is 5.77. The molecule has 0 saturated carbocycles. The van der Waals surface area contributed by atoms with Gasteiger partial charge in [0.1, 0.15) is 5.75 Å². The molecule has 0 aliphatic heterocycles. The molecule has 0 saturated heterocycles. The summed E-state index contributed by atoms with van der Waals surface area (Å²) < 4.78 is 5.26. The molecule has 0 radical (unpaired) electrons. The maximum atomic E-state index is 5.70. The van der Waals surface area contributed by atoms with Crippen molar-refractivity contribution in [1.29, 1.82) is 0 Å². The van der Waals surface area contributed by atoms with Gasteiger partial charge in [0.15, 0.2) is 0 Å². The molecule has 0 heterocycles. The second-order valence-electron chi connectivity index (χ2n) is 5.23. The lowest BCUT2D eigenvalue weighted by Gasteiger charge is -2.20. The van der Waals surface area contributed by atoms with E-state index in [2.05, 4.69) is 23.6 Å². The van der Waals surface area contributed by atoms with Crippen LogP contribution in [0.25, 0.3) is 0 Å². The van der Waals surface area contributed by atoms with Gasteiger partial charge in [-0.3, -0.25) is 11.3 Å². The Kier molecular flexibility index (Phi) is 5.43. The summed E-state index contributed by atoms with van der Waals surface area (Å²) in [5, 5.41) is 0. The average Bonchev–Trinajstić information content (AvgIpc) is 2.48. The van der Waals surface area contributed by atoms with Crippen LogP contribution in [0.4, 0.5) is 0 Å². The highest BCUT2D eigenvalue weighted by Crippen LogP contribution is 2.23. The molecule has 1 aliphatic carbocycles. The highest BCUT2D eigenvalue weighted by atomic mass is 16.5. The Balaban J connectivity index is 1.95. The zero-order valence-electron chi connectivity index (χ0n) is 11.7. The Morgan fingerprint density at radius 2 is 2.21 bits per heavy atom. The molecule has 1 aromatic rings. The number of benzene rings is 1. The van der Waals surface area contributed by atoms with Crippen LogP contribution in [0.2, 0.25) is 0 Å². The molecule has 1 atom stereocenters. The number of hydrogen-bond acceptors (Lipinski definition) is 3. The van der Waals surface area contributed by atoms with Gasteiger partial charge in [0.25, 0.3) is 0 Å². The first kappa shape index (κ1) is 14.1. The fourth-order valence-corrected chi connectivity index (χ4v) is 2.68. The minimum absolute atomic E-state index is 0.302. The highest BCUT2D eigenvalue weighted by molar-refractivity contribution is 5.29. The molecule has 0 bridgehead atoms. The van der Waals surface area contributed by atoms with Crippen LogP contribution in [0.3, 0.4) is 0 Å². The van der Waals surface area contributed by atoms with Crippen molar-refractivity contribution in [3.8, 4) is 5.75 Å². The van der Waals surface area contributed by atoms with Gasteiger partial charge in [-0.05, 0) is 56.2 Å². The van der Waals surface area contributed by atoms with Gasteiger partial charge < -0.3 is 4.74 Å². The van der Waals surface area contributed by atoms with Crippen LogP contribution in [-0.4, -0.2) is 13.2 Å². The molecule has 3 heteroatoms. The molecule has 2 rings (SSSR count). The Bertz CT molecular complexity index is 429. The fraction of sp³-hybridized carbons (Fsp3) is 0.500. The van der Waals surface area contributed by atoms with Crippen molar-refractivity contribution in [1.82, 2.24) is 5.43 Å². The summed E-state index contributed by atoms with van der Waals surface area (Å²) in [6, 6.07) is 8.51. The molecule has 19 heavy (non-hydrogen) atoms. The van der Waals surface area contributed by atoms with Crippen molar-refractivity contribution < 1.29 is 4.74 Å². The summed E-state index contributed by atoms with van der Waals surface area (Å²) in [4.78, 5) is 0. The zero-order chi connectivity index (χ0) is 13.5. The Hall–Kier alpha value is -1.32. The summed E-state index contributed by atoms with van der Waals surface area (Å²) in [7, 11) is 1.70. The number of ether oxygens (including phenoxy) is 1. The first-order chi connectivity index (χ1) is 9.31. The second-order valence-corrected chi connectivity index (χ2v) is 5.23. The van der Waals surface area contributed by atoms with E-state index in [9.17, 15) is 0 Å². The van der Waals surface area contributed by atoms with Crippen molar-refractivity contribution in [2.45, 2.75) is 44.6 Å². The lowest BCUT2D eigenvalue weighted by Crippen LogP contribution is -2.37. The van der Waals surface area contributed by atoms with Crippen LogP contribution in [0.15, 0.2) is 35.9 Å². The van der Waals surface area contributed by atoms with E-state index in [1.54, 1.807) is 12.7 Å². The largest absolute Gasteiger partial charge is 0.497 e. The molecule has 0 spiro atoms. The van der Waals surface area contributed by atoms with E-state index in [0.29, 0.717) is 6.04 Å². The van der Waals surface area contributed by atoms with Crippen LogP contribution in [0.1, 0.15) is 37.7 Å². The van der Waals surface area contributed by atoms with Gasteiger partial charge in [0.05, 0.1) is 7.11 Å². The van der Waals surface area contributed by atoms with Gasteiger partial charge in [0, 0.05) is 6.04 Å². The average molecular weight is 260 g/mol. The van der Waals surface area contributed by atoms with E-state index in [1.165, 1.54) is 31.2 Å². The van der Waals surface area contributed by atoms with Crippen molar-refractivity contribution in [3.63, 3.8) is 0 Å². The van der Waals surface area contributed by atoms with Crippen LogP contribution in [0.5, 0.6) is 5.75 Å². The van der Waals surface area contributed by atoms with Gasteiger partial charge in [0.2, 0.25) is 0 Å². The summed E-state index contributed by atoms with van der Waals surface area (Å²) in [5.74, 6) is 6.61. The van der Waals surface area contributed by atoms with E-state index in [1.807, 2.05) is 12.1 Å². The number of rotatable bonds is 6. The second kappa shape index (κ2) is 7.31. The first-order valence-electron chi connectivity index (χ1n) is 7.09. The minimum Gasteiger partial charge on any atom is -0.497 e. The quantitative estimate of drug-likeness (QED) is 0.469.